The Bertz CT molecular complexity index is 535. The van der Waals surface area contributed by atoms with Gasteiger partial charge >= 0.3 is 0 Å². The summed E-state index contributed by atoms with van der Waals surface area (Å²) in [6.07, 6.45) is 0.861. The number of rotatable bonds is 3. The summed E-state index contributed by atoms with van der Waals surface area (Å²) >= 11 is 6.07. The molecule has 0 aliphatic heterocycles. The quantitative estimate of drug-likeness (QED) is 0.779. The van der Waals surface area contributed by atoms with Crippen molar-refractivity contribution in [2.24, 2.45) is 0 Å². The molecule has 0 amide bonds. The molecule has 94 valence electrons. The van der Waals surface area contributed by atoms with Crippen LogP contribution in [0.2, 0.25) is 5.15 Å². The number of aryl methyl sites for hydroxylation is 1. The lowest BCUT2D eigenvalue weighted by molar-refractivity contribution is 0.585. The molecule has 2 rings (SSSR count). The van der Waals surface area contributed by atoms with E-state index in [2.05, 4.69) is 42.9 Å². The highest BCUT2D eigenvalue weighted by Crippen LogP contribution is 2.29. The Balaban J connectivity index is 2.50. The predicted octanol–water partition coefficient (Wildman–Crippen LogP) is 4.02. The summed E-state index contributed by atoms with van der Waals surface area (Å²) in [5, 5.41) is 0.515. The summed E-state index contributed by atoms with van der Waals surface area (Å²) in [4.78, 5) is 8.99. The number of hydrogen-bond acceptors (Lipinski definition) is 2. The standard InChI is InChI=1S/C15H17ClN2/c1-4-12-10-13(16)18-14(17-12)15(2,3)11-8-6-5-7-9-11/h5-10H,4H2,1-3H3. The van der Waals surface area contributed by atoms with Gasteiger partial charge in [0.15, 0.2) is 0 Å². The maximum atomic E-state index is 6.07. The van der Waals surface area contributed by atoms with Crippen LogP contribution in [-0.4, -0.2) is 9.97 Å². The highest BCUT2D eigenvalue weighted by Gasteiger charge is 2.26. The summed E-state index contributed by atoms with van der Waals surface area (Å²) in [5.41, 5.74) is 1.93. The molecule has 0 bridgehead atoms. The predicted molar refractivity (Wildman–Crippen MR) is 75.0 cm³/mol. The van der Waals surface area contributed by atoms with E-state index in [1.54, 1.807) is 0 Å². The van der Waals surface area contributed by atoms with Gasteiger partial charge in [-0.05, 0) is 31.9 Å². The lowest BCUT2D eigenvalue weighted by Crippen LogP contribution is -2.23. The minimum atomic E-state index is -0.240. The molecule has 0 spiro atoms. The van der Waals surface area contributed by atoms with Gasteiger partial charge in [0.05, 0.1) is 0 Å². The molecule has 1 heterocycles. The maximum Gasteiger partial charge on any atom is 0.140 e. The van der Waals surface area contributed by atoms with E-state index in [1.807, 2.05) is 24.3 Å². The molecule has 1 aromatic heterocycles. The highest BCUT2D eigenvalue weighted by atomic mass is 35.5. The van der Waals surface area contributed by atoms with Gasteiger partial charge in [0, 0.05) is 11.1 Å². The van der Waals surface area contributed by atoms with Crippen molar-refractivity contribution in [3.8, 4) is 0 Å². The molecule has 0 fully saturated rings. The van der Waals surface area contributed by atoms with Crippen LogP contribution in [0.15, 0.2) is 36.4 Å². The molecule has 0 N–H and O–H groups in total. The van der Waals surface area contributed by atoms with Crippen LogP contribution in [0.25, 0.3) is 0 Å². The molecule has 0 radical (unpaired) electrons. The SMILES string of the molecule is CCc1cc(Cl)nc(C(C)(C)c2ccccc2)n1. The monoisotopic (exact) mass is 260 g/mol. The minimum Gasteiger partial charge on any atom is -0.237 e. The minimum absolute atomic E-state index is 0.240. The van der Waals surface area contributed by atoms with Crippen LogP contribution in [0.4, 0.5) is 0 Å². The van der Waals surface area contributed by atoms with Gasteiger partial charge in [-0.2, -0.15) is 0 Å². The van der Waals surface area contributed by atoms with Crippen LogP contribution >= 0.6 is 11.6 Å². The van der Waals surface area contributed by atoms with Crippen LogP contribution in [0, 0.1) is 0 Å². The van der Waals surface area contributed by atoms with Crippen LogP contribution in [0.5, 0.6) is 0 Å². The van der Waals surface area contributed by atoms with E-state index in [9.17, 15) is 0 Å². The first-order chi connectivity index (χ1) is 8.54. The van der Waals surface area contributed by atoms with E-state index in [0.717, 1.165) is 17.9 Å². The van der Waals surface area contributed by atoms with Crippen molar-refractivity contribution in [3.63, 3.8) is 0 Å². The van der Waals surface area contributed by atoms with E-state index >= 15 is 0 Å². The lowest BCUT2D eigenvalue weighted by atomic mass is 9.84. The summed E-state index contributed by atoms with van der Waals surface area (Å²) < 4.78 is 0. The van der Waals surface area contributed by atoms with Crippen molar-refractivity contribution in [1.29, 1.82) is 0 Å². The first kappa shape index (κ1) is 13.0. The van der Waals surface area contributed by atoms with Gasteiger partial charge in [-0.15, -0.1) is 0 Å². The highest BCUT2D eigenvalue weighted by molar-refractivity contribution is 6.29. The zero-order chi connectivity index (χ0) is 13.2. The number of aromatic nitrogens is 2. The van der Waals surface area contributed by atoms with Crippen molar-refractivity contribution in [1.82, 2.24) is 9.97 Å². The second-order valence-electron chi connectivity index (χ2n) is 4.85. The molecule has 0 unspecified atom stereocenters. The largest absolute Gasteiger partial charge is 0.237 e. The Kier molecular flexibility index (Phi) is 3.67. The fourth-order valence-corrected chi connectivity index (χ4v) is 2.11. The zero-order valence-corrected chi connectivity index (χ0v) is 11.7. The van der Waals surface area contributed by atoms with Gasteiger partial charge in [0.2, 0.25) is 0 Å². The number of benzene rings is 1. The average Bonchev–Trinajstić information content (AvgIpc) is 2.39. The van der Waals surface area contributed by atoms with Crippen LogP contribution in [0.3, 0.4) is 0 Å². The summed E-state index contributed by atoms with van der Waals surface area (Å²) in [7, 11) is 0. The molecular weight excluding hydrogens is 244 g/mol. The van der Waals surface area contributed by atoms with E-state index in [0.29, 0.717) is 5.15 Å². The topological polar surface area (TPSA) is 25.8 Å². The van der Waals surface area contributed by atoms with Gasteiger partial charge in [0.1, 0.15) is 11.0 Å². The third-order valence-corrected chi connectivity index (χ3v) is 3.36. The maximum absolute atomic E-state index is 6.07. The fraction of sp³-hybridized carbons (Fsp3) is 0.333. The fourth-order valence-electron chi connectivity index (χ4n) is 1.91. The van der Waals surface area contributed by atoms with Crippen molar-refractivity contribution in [3.05, 3.63) is 58.6 Å². The van der Waals surface area contributed by atoms with Gasteiger partial charge in [-0.25, -0.2) is 9.97 Å². The van der Waals surface area contributed by atoms with Crippen LogP contribution < -0.4 is 0 Å². The molecule has 1 aromatic carbocycles. The molecular formula is C15H17ClN2. The first-order valence-electron chi connectivity index (χ1n) is 6.13. The van der Waals surface area contributed by atoms with E-state index in [4.69, 9.17) is 11.6 Å². The molecule has 0 aliphatic rings. The Morgan fingerprint density at radius 3 is 2.39 bits per heavy atom. The normalized spacial score (nSPS) is 11.6. The van der Waals surface area contributed by atoms with E-state index < -0.39 is 0 Å². The lowest BCUT2D eigenvalue weighted by Gasteiger charge is -2.24. The van der Waals surface area contributed by atoms with Gasteiger partial charge < -0.3 is 0 Å². The average molecular weight is 261 g/mol. The Labute approximate surface area is 113 Å². The Morgan fingerprint density at radius 2 is 1.78 bits per heavy atom. The third-order valence-electron chi connectivity index (χ3n) is 3.16. The van der Waals surface area contributed by atoms with Crippen LogP contribution in [0.1, 0.15) is 37.9 Å². The third kappa shape index (κ3) is 2.54. The second kappa shape index (κ2) is 5.07. The van der Waals surface area contributed by atoms with Crippen LogP contribution in [-0.2, 0) is 11.8 Å². The smallest absolute Gasteiger partial charge is 0.140 e. The molecule has 18 heavy (non-hydrogen) atoms. The van der Waals surface area contributed by atoms with Gasteiger partial charge in [-0.3, -0.25) is 0 Å². The molecule has 0 aliphatic carbocycles. The molecule has 0 saturated heterocycles. The molecule has 0 saturated carbocycles. The van der Waals surface area contributed by atoms with E-state index in [-0.39, 0.29) is 5.41 Å². The van der Waals surface area contributed by atoms with Crippen molar-refractivity contribution < 1.29 is 0 Å². The summed E-state index contributed by atoms with van der Waals surface area (Å²) in [6.45, 7) is 6.30. The molecule has 2 aromatic rings. The number of halogens is 1. The number of nitrogens with zero attached hydrogens (tertiary/aromatic N) is 2. The molecule has 3 heteroatoms. The summed E-state index contributed by atoms with van der Waals surface area (Å²) in [5.74, 6) is 0.776. The van der Waals surface area contributed by atoms with Crippen molar-refractivity contribution >= 4 is 11.6 Å². The van der Waals surface area contributed by atoms with Crippen molar-refractivity contribution in [2.75, 3.05) is 0 Å². The number of hydrogen-bond donors (Lipinski definition) is 0. The van der Waals surface area contributed by atoms with E-state index in [1.165, 1.54) is 5.56 Å². The first-order valence-corrected chi connectivity index (χ1v) is 6.51. The Morgan fingerprint density at radius 1 is 1.11 bits per heavy atom. The summed E-state index contributed by atoms with van der Waals surface area (Å²) in [6, 6.07) is 12.1. The molecule has 2 nitrogen and oxygen atoms in total. The Hall–Kier alpha value is -1.41. The van der Waals surface area contributed by atoms with Crippen molar-refractivity contribution in [2.45, 2.75) is 32.6 Å². The molecule has 0 atom stereocenters. The zero-order valence-electron chi connectivity index (χ0n) is 10.9. The van der Waals surface area contributed by atoms with Gasteiger partial charge in [0.25, 0.3) is 0 Å². The van der Waals surface area contributed by atoms with Gasteiger partial charge in [-0.1, -0.05) is 48.9 Å². The second-order valence-corrected chi connectivity index (χ2v) is 5.24.